The van der Waals surface area contributed by atoms with Crippen molar-refractivity contribution in [1.82, 2.24) is 5.32 Å². The molecule has 6 nitrogen and oxygen atoms in total. The highest BCUT2D eigenvalue weighted by Gasteiger charge is 2.16. The minimum atomic E-state index is -0.0589. The molecule has 23 heavy (non-hydrogen) atoms. The van der Waals surface area contributed by atoms with Gasteiger partial charge >= 0.3 is 0 Å². The van der Waals surface area contributed by atoms with Gasteiger partial charge in [0.1, 0.15) is 11.5 Å². The number of hydrogen-bond donors (Lipinski definition) is 1. The molecule has 1 fully saturated rings. The Kier molecular flexibility index (Phi) is 4.47. The molecule has 1 aliphatic rings. The SMILES string of the molecule is COc1ccc2ccc(OC)c(C=NN=C3NC(=O)CS3)c2c1. The fraction of sp³-hybridized carbons (Fsp3) is 0.188. The molecule has 0 radical (unpaired) electrons. The minimum Gasteiger partial charge on any atom is -0.497 e. The first-order chi connectivity index (χ1) is 11.2. The van der Waals surface area contributed by atoms with E-state index in [0.717, 1.165) is 22.1 Å². The summed E-state index contributed by atoms with van der Waals surface area (Å²) in [7, 11) is 3.23. The van der Waals surface area contributed by atoms with Gasteiger partial charge in [-0.1, -0.05) is 23.9 Å². The molecule has 1 saturated heterocycles. The van der Waals surface area contributed by atoms with Crippen molar-refractivity contribution < 1.29 is 14.3 Å². The van der Waals surface area contributed by atoms with E-state index >= 15 is 0 Å². The number of nitrogens with zero attached hydrogens (tertiary/aromatic N) is 2. The topological polar surface area (TPSA) is 72.3 Å². The van der Waals surface area contributed by atoms with E-state index in [2.05, 4.69) is 15.5 Å². The molecule has 0 unspecified atom stereocenters. The number of carbonyl (C=O) groups excluding carboxylic acids is 1. The normalized spacial score (nSPS) is 16.3. The van der Waals surface area contributed by atoms with Crippen molar-refractivity contribution in [1.29, 1.82) is 0 Å². The zero-order valence-corrected chi connectivity index (χ0v) is 13.5. The second kappa shape index (κ2) is 6.70. The van der Waals surface area contributed by atoms with Crippen molar-refractivity contribution in [2.45, 2.75) is 0 Å². The lowest BCUT2D eigenvalue weighted by atomic mass is 10.0. The van der Waals surface area contributed by atoms with Crippen LogP contribution < -0.4 is 14.8 Å². The quantitative estimate of drug-likeness (QED) is 0.691. The van der Waals surface area contributed by atoms with Gasteiger partial charge in [0.25, 0.3) is 0 Å². The number of hydrogen-bond acceptors (Lipinski definition) is 6. The van der Waals surface area contributed by atoms with Gasteiger partial charge < -0.3 is 14.8 Å². The predicted octanol–water partition coefficient (Wildman–Crippen LogP) is 2.41. The van der Waals surface area contributed by atoms with Gasteiger partial charge in [-0.2, -0.15) is 5.10 Å². The molecule has 1 N–H and O–H groups in total. The predicted molar refractivity (Wildman–Crippen MR) is 92.7 cm³/mol. The lowest BCUT2D eigenvalue weighted by molar-refractivity contribution is -0.116. The molecular weight excluding hydrogens is 314 g/mol. The highest BCUT2D eigenvalue weighted by Crippen LogP contribution is 2.29. The summed E-state index contributed by atoms with van der Waals surface area (Å²) in [5, 5.41) is 13.2. The van der Waals surface area contributed by atoms with Gasteiger partial charge in [-0.05, 0) is 29.0 Å². The van der Waals surface area contributed by atoms with Crippen LogP contribution in [0.1, 0.15) is 5.56 Å². The van der Waals surface area contributed by atoms with Gasteiger partial charge in [-0.15, -0.1) is 5.10 Å². The Morgan fingerprint density at radius 1 is 1.22 bits per heavy atom. The van der Waals surface area contributed by atoms with Crippen molar-refractivity contribution in [3.63, 3.8) is 0 Å². The fourth-order valence-electron chi connectivity index (χ4n) is 2.26. The van der Waals surface area contributed by atoms with Crippen LogP contribution in [0.4, 0.5) is 0 Å². The molecule has 0 saturated carbocycles. The third kappa shape index (κ3) is 3.29. The molecule has 2 aromatic carbocycles. The van der Waals surface area contributed by atoms with Crippen LogP contribution in [0.25, 0.3) is 10.8 Å². The smallest absolute Gasteiger partial charge is 0.236 e. The average molecular weight is 329 g/mol. The molecule has 7 heteroatoms. The van der Waals surface area contributed by atoms with Crippen molar-refractivity contribution >= 4 is 39.8 Å². The summed E-state index contributed by atoms with van der Waals surface area (Å²) in [6.07, 6.45) is 1.62. The van der Waals surface area contributed by atoms with E-state index in [4.69, 9.17) is 9.47 Å². The second-order valence-corrected chi connectivity index (χ2v) is 5.72. The molecule has 118 valence electrons. The third-order valence-electron chi connectivity index (χ3n) is 3.37. The fourth-order valence-corrected chi connectivity index (χ4v) is 2.89. The highest BCUT2D eigenvalue weighted by molar-refractivity contribution is 8.15. The number of methoxy groups -OCH3 is 2. The van der Waals surface area contributed by atoms with Gasteiger partial charge in [-0.3, -0.25) is 4.79 Å². The van der Waals surface area contributed by atoms with Crippen LogP contribution in [0.5, 0.6) is 11.5 Å². The van der Waals surface area contributed by atoms with Crippen LogP contribution in [-0.2, 0) is 4.79 Å². The summed E-state index contributed by atoms with van der Waals surface area (Å²) >= 11 is 1.33. The standard InChI is InChI=1S/C16H15N3O3S/c1-21-11-5-3-10-4-6-14(22-2)13(12(10)7-11)8-17-19-16-18-15(20)9-23-16/h3-8H,9H2,1-2H3,(H,18,19,20). The first-order valence-electron chi connectivity index (χ1n) is 6.89. The van der Waals surface area contributed by atoms with Gasteiger partial charge in [0.2, 0.25) is 5.91 Å². The van der Waals surface area contributed by atoms with E-state index in [9.17, 15) is 4.79 Å². The van der Waals surface area contributed by atoms with Gasteiger partial charge in [0.15, 0.2) is 5.17 Å². The molecule has 1 heterocycles. The number of ether oxygens (including phenoxy) is 2. The Morgan fingerprint density at radius 3 is 2.74 bits per heavy atom. The van der Waals surface area contributed by atoms with Crippen molar-refractivity contribution in [3.8, 4) is 11.5 Å². The third-order valence-corrected chi connectivity index (χ3v) is 4.24. The largest absolute Gasteiger partial charge is 0.497 e. The lowest BCUT2D eigenvalue weighted by Crippen LogP contribution is -2.19. The molecule has 2 aromatic rings. The Morgan fingerprint density at radius 2 is 2.04 bits per heavy atom. The van der Waals surface area contributed by atoms with Gasteiger partial charge in [0.05, 0.1) is 26.2 Å². The maximum absolute atomic E-state index is 11.1. The number of benzene rings is 2. The summed E-state index contributed by atoms with van der Waals surface area (Å²) in [6, 6.07) is 9.67. The number of amides is 1. The van der Waals surface area contributed by atoms with E-state index in [-0.39, 0.29) is 5.91 Å². The molecule has 0 aliphatic carbocycles. The summed E-state index contributed by atoms with van der Waals surface area (Å²) < 4.78 is 10.7. The maximum Gasteiger partial charge on any atom is 0.236 e. The monoisotopic (exact) mass is 329 g/mol. The highest BCUT2D eigenvalue weighted by atomic mass is 32.2. The van der Waals surface area contributed by atoms with Crippen molar-refractivity contribution in [2.75, 3.05) is 20.0 Å². The number of nitrogens with one attached hydrogen (secondary N) is 1. The Hall–Kier alpha value is -2.54. The molecule has 0 bridgehead atoms. The van der Waals surface area contributed by atoms with E-state index in [1.54, 1.807) is 20.4 Å². The Bertz CT molecular complexity index is 812. The van der Waals surface area contributed by atoms with E-state index in [1.165, 1.54) is 11.8 Å². The Labute approximate surface area is 137 Å². The number of amidine groups is 1. The summed E-state index contributed by atoms with van der Waals surface area (Å²) in [5.41, 5.74) is 0.808. The second-order valence-electron chi connectivity index (χ2n) is 4.76. The number of carbonyl (C=O) groups is 1. The number of rotatable bonds is 4. The van der Waals surface area contributed by atoms with E-state index < -0.39 is 0 Å². The minimum absolute atomic E-state index is 0.0589. The van der Waals surface area contributed by atoms with Crippen LogP contribution in [-0.4, -0.2) is 37.3 Å². The maximum atomic E-state index is 11.1. The van der Waals surface area contributed by atoms with Crippen LogP contribution in [0, 0.1) is 0 Å². The molecule has 0 spiro atoms. The Balaban J connectivity index is 2.01. The van der Waals surface area contributed by atoms with Crippen LogP contribution in [0.15, 0.2) is 40.5 Å². The number of thioether (sulfide) groups is 1. The molecule has 1 amide bonds. The first kappa shape index (κ1) is 15.4. The van der Waals surface area contributed by atoms with Gasteiger partial charge in [0, 0.05) is 5.56 Å². The number of fused-ring (bicyclic) bond motifs is 1. The zero-order valence-electron chi connectivity index (χ0n) is 12.7. The van der Waals surface area contributed by atoms with Crippen molar-refractivity contribution in [2.24, 2.45) is 10.2 Å². The molecule has 0 aromatic heterocycles. The summed E-state index contributed by atoms with van der Waals surface area (Å²) in [5.74, 6) is 1.77. The van der Waals surface area contributed by atoms with Crippen LogP contribution >= 0.6 is 11.8 Å². The lowest BCUT2D eigenvalue weighted by Gasteiger charge is -2.09. The summed E-state index contributed by atoms with van der Waals surface area (Å²) in [4.78, 5) is 11.1. The van der Waals surface area contributed by atoms with Crippen LogP contribution in [0.2, 0.25) is 0 Å². The van der Waals surface area contributed by atoms with Crippen molar-refractivity contribution in [3.05, 3.63) is 35.9 Å². The van der Waals surface area contributed by atoms with E-state index in [0.29, 0.717) is 16.7 Å². The zero-order chi connectivity index (χ0) is 16.2. The molecule has 0 atom stereocenters. The average Bonchev–Trinajstić information content (AvgIpc) is 2.99. The molecule has 1 aliphatic heterocycles. The first-order valence-corrected chi connectivity index (χ1v) is 7.88. The van der Waals surface area contributed by atoms with Gasteiger partial charge in [-0.25, -0.2) is 0 Å². The molecule has 3 rings (SSSR count). The summed E-state index contributed by atoms with van der Waals surface area (Å²) in [6.45, 7) is 0. The van der Waals surface area contributed by atoms with Crippen LogP contribution in [0.3, 0.4) is 0 Å². The molecular formula is C16H15N3O3S. The van der Waals surface area contributed by atoms with E-state index in [1.807, 2.05) is 30.3 Å².